The van der Waals surface area contributed by atoms with Crippen LogP contribution in [0.2, 0.25) is 0 Å². The predicted octanol–water partition coefficient (Wildman–Crippen LogP) is 3.25. The van der Waals surface area contributed by atoms with E-state index in [1.165, 1.54) is 0 Å². The lowest BCUT2D eigenvalue weighted by Crippen LogP contribution is -2.02. The first-order valence-corrected chi connectivity index (χ1v) is 6.91. The fourth-order valence-corrected chi connectivity index (χ4v) is 2.34. The van der Waals surface area contributed by atoms with Gasteiger partial charge in [-0.05, 0) is 42.8 Å². The lowest BCUT2D eigenvalue weighted by Gasteiger charge is -2.11. The smallest absolute Gasteiger partial charge is 0.335 e. The molecule has 3 aromatic rings. The Labute approximate surface area is 127 Å². The van der Waals surface area contributed by atoms with E-state index in [1.807, 2.05) is 31.3 Å². The first-order valence-electron chi connectivity index (χ1n) is 6.91. The molecule has 2 aromatic heterocycles. The number of pyridine rings is 2. The number of carbonyl (C=O) groups is 1. The molecule has 0 aliphatic carbocycles. The van der Waals surface area contributed by atoms with Crippen LogP contribution in [0.4, 0.5) is 5.69 Å². The van der Waals surface area contributed by atoms with Crippen molar-refractivity contribution in [1.29, 1.82) is 0 Å². The van der Waals surface area contributed by atoms with Gasteiger partial charge in [-0.15, -0.1) is 0 Å². The van der Waals surface area contributed by atoms with Crippen LogP contribution in [0.25, 0.3) is 10.9 Å². The Morgan fingerprint density at radius 3 is 2.86 bits per heavy atom. The lowest BCUT2D eigenvalue weighted by molar-refractivity contribution is 0.0697. The zero-order valence-corrected chi connectivity index (χ0v) is 12.1. The van der Waals surface area contributed by atoms with Crippen LogP contribution in [0.3, 0.4) is 0 Å². The molecular formula is C17H15N3O2. The molecule has 0 amide bonds. The standard InChI is InChI=1S/C17H15N3O2/c1-11-7-15(19-10-12-3-2-6-18-9-12)14-5-4-13(17(21)22)8-16(14)20-11/h2-9H,10H2,1H3,(H,19,20)(H,21,22). The summed E-state index contributed by atoms with van der Waals surface area (Å²) in [5.74, 6) is -0.949. The number of hydrogen-bond donors (Lipinski definition) is 2. The number of carboxylic acid groups (broad SMARTS) is 1. The second-order valence-electron chi connectivity index (χ2n) is 5.06. The van der Waals surface area contributed by atoms with E-state index in [4.69, 9.17) is 5.11 Å². The molecule has 110 valence electrons. The third kappa shape index (κ3) is 2.88. The summed E-state index contributed by atoms with van der Waals surface area (Å²) in [4.78, 5) is 19.6. The third-order valence-corrected chi connectivity index (χ3v) is 3.39. The molecule has 0 saturated heterocycles. The van der Waals surface area contributed by atoms with Crippen molar-refractivity contribution in [2.75, 3.05) is 5.32 Å². The predicted molar refractivity (Wildman–Crippen MR) is 85.0 cm³/mol. The molecule has 5 nitrogen and oxygen atoms in total. The normalized spacial score (nSPS) is 10.6. The van der Waals surface area contributed by atoms with Gasteiger partial charge in [-0.3, -0.25) is 9.97 Å². The average Bonchev–Trinajstić information content (AvgIpc) is 2.52. The summed E-state index contributed by atoms with van der Waals surface area (Å²) >= 11 is 0. The van der Waals surface area contributed by atoms with Gasteiger partial charge in [0.25, 0.3) is 0 Å². The van der Waals surface area contributed by atoms with E-state index in [0.717, 1.165) is 22.3 Å². The summed E-state index contributed by atoms with van der Waals surface area (Å²) in [6, 6.07) is 10.8. The highest BCUT2D eigenvalue weighted by atomic mass is 16.4. The minimum atomic E-state index is -0.949. The Morgan fingerprint density at radius 1 is 1.27 bits per heavy atom. The topological polar surface area (TPSA) is 75.1 Å². The van der Waals surface area contributed by atoms with Gasteiger partial charge in [0.2, 0.25) is 0 Å². The van der Waals surface area contributed by atoms with Crippen LogP contribution < -0.4 is 5.32 Å². The van der Waals surface area contributed by atoms with Gasteiger partial charge >= 0.3 is 5.97 Å². The van der Waals surface area contributed by atoms with Crippen molar-refractivity contribution >= 4 is 22.6 Å². The van der Waals surface area contributed by atoms with Crippen molar-refractivity contribution in [2.45, 2.75) is 13.5 Å². The molecule has 0 aliphatic rings. The fraction of sp³-hybridized carbons (Fsp3) is 0.118. The van der Waals surface area contributed by atoms with Gasteiger partial charge in [-0.25, -0.2) is 4.79 Å². The Hall–Kier alpha value is -2.95. The average molecular weight is 293 g/mol. The van der Waals surface area contributed by atoms with E-state index in [9.17, 15) is 4.79 Å². The molecule has 0 unspecified atom stereocenters. The molecule has 2 N–H and O–H groups in total. The number of aromatic carboxylic acids is 1. The summed E-state index contributed by atoms with van der Waals surface area (Å²) < 4.78 is 0. The minimum absolute atomic E-state index is 0.240. The molecule has 0 spiro atoms. The summed E-state index contributed by atoms with van der Waals surface area (Å²) in [7, 11) is 0. The first-order chi connectivity index (χ1) is 10.6. The summed E-state index contributed by atoms with van der Waals surface area (Å²) in [5, 5.41) is 13.4. The van der Waals surface area contributed by atoms with Crippen molar-refractivity contribution in [3.05, 3.63) is 65.6 Å². The van der Waals surface area contributed by atoms with Gasteiger partial charge < -0.3 is 10.4 Å². The van der Waals surface area contributed by atoms with Gasteiger partial charge in [-0.2, -0.15) is 0 Å². The van der Waals surface area contributed by atoms with Crippen molar-refractivity contribution < 1.29 is 9.90 Å². The molecule has 2 heterocycles. The second kappa shape index (κ2) is 5.81. The molecular weight excluding hydrogens is 278 g/mol. The van der Waals surface area contributed by atoms with Crippen molar-refractivity contribution in [1.82, 2.24) is 9.97 Å². The van der Waals surface area contributed by atoms with E-state index < -0.39 is 5.97 Å². The van der Waals surface area contributed by atoms with E-state index in [1.54, 1.807) is 24.4 Å². The van der Waals surface area contributed by atoms with Crippen LogP contribution in [-0.2, 0) is 6.54 Å². The number of aromatic nitrogens is 2. The number of hydrogen-bond acceptors (Lipinski definition) is 4. The largest absolute Gasteiger partial charge is 0.478 e. The van der Waals surface area contributed by atoms with Crippen molar-refractivity contribution in [2.24, 2.45) is 0 Å². The van der Waals surface area contributed by atoms with Crippen molar-refractivity contribution in [3.63, 3.8) is 0 Å². The molecule has 0 bridgehead atoms. The maximum atomic E-state index is 11.1. The number of nitrogens with one attached hydrogen (secondary N) is 1. The number of anilines is 1. The highest BCUT2D eigenvalue weighted by Gasteiger charge is 2.08. The van der Waals surface area contributed by atoms with Crippen LogP contribution in [0.15, 0.2) is 48.8 Å². The summed E-state index contributed by atoms with van der Waals surface area (Å²) in [6.07, 6.45) is 3.55. The van der Waals surface area contributed by atoms with E-state index in [0.29, 0.717) is 12.1 Å². The number of aryl methyl sites for hydroxylation is 1. The van der Waals surface area contributed by atoms with Crippen LogP contribution >= 0.6 is 0 Å². The first kappa shape index (κ1) is 14.0. The molecule has 0 aliphatic heterocycles. The maximum absolute atomic E-state index is 11.1. The number of fused-ring (bicyclic) bond motifs is 1. The number of benzene rings is 1. The van der Waals surface area contributed by atoms with E-state index >= 15 is 0 Å². The fourth-order valence-electron chi connectivity index (χ4n) is 2.34. The summed E-state index contributed by atoms with van der Waals surface area (Å²) in [6.45, 7) is 2.54. The van der Waals surface area contributed by atoms with E-state index in [-0.39, 0.29) is 5.56 Å². The SMILES string of the molecule is Cc1cc(NCc2cccnc2)c2ccc(C(=O)O)cc2n1. The number of nitrogens with zero attached hydrogens (tertiary/aromatic N) is 2. The molecule has 1 aromatic carbocycles. The highest BCUT2D eigenvalue weighted by Crippen LogP contribution is 2.24. The highest BCUT2D eigenvalue weighted by molar-refractivity contribution is 5.97. The van der Waals surface area contributed by atoms with E-state index in [2.05, 4.69) is 15.3 Å². The lowest BCUT2D eigenvalue weighted by atomic mass is 10.1. The molecule has 5 heteroatoms. The van der Waals surface area contributed by atoms with Gasteiger partial charge in [0.15, 0.2) is 0 Å². The maximum Gasteiger partial charge on any atom is 0.335 e. The quantitative estimate of drug-likeness (QED) is 0.772. The number of carboxylic acids is 1. The van der Waals surface area contributed by atoms with Crippen LogP contribution in [0.5, 0.6) is 0 Å². The Morgan fingerprint density at radius 2 is 2.14 bits per heavy atom. The molecule has 22 heavy (non-hydrogen) atoms. The van der Waals surface area contributed by atoms with Crippen LogP contribution in [0, 0.1) is 6.92 Å². The Bertz CT molecular complexity index is 832. The summed E-state index contributed by atoms with van der Waals surface area (Å²) in [5.41, 5.74) is 3.76. The molecule has 0 radical (unpaired) electrons. The zero-order valence-electron chi connectivity index (χ0n) is 12.1. The van der Waals surface area contributed by atoms with Crippen molar-refractivity contribution in [3.8, 4) is 0 Å². The molecule has 0 fully saturated rings. The van der Waals surface area contributed by atoms with Gasteiger partial charge in [0.1, 0.15) is 0 Å². The third-order valence-electron chi connectivity index (χ3n) is 3.39. The van der Waals surface area contributed by atoms with Crippen LogP contribution in [0.1, 0.15) is 21.6 Å². The number of rotatable bonds is 4. The zero-order chi connectivity index (χ0) is 15.5. The van der Waals surface area contributed by atoms with Crippen LogP contribution in [-0.4, -0.2) is 21.0 Å². The van der Waals surface area contributed by atoms with Gasteiger partial charge in [0.05, 0.1) is 11.1 Å². The monoisotopic (exact) mass is 293 g/mol. The minimum Gasteiger partial charge on any atom is -0.478 e. The Balaban J connectivity index is 1.96. The molecule has 0 atom stereocenters. The molecule has 3 rings (SSSR count). The Kier molecular flexibility index (Phi) is 3.70. The second-order valence-corrected chi connectivity index (χ2v) is 5.06. The molecule has 0 saturated carbocycles. The van der Waals surface area contributed by atoms with Gasteiger partial charge in [0, 0.05) is 35.7 Å². The van der Waals surface area contributed by atoms with Gasteiger partial charge in [-0.1, -0.05) is 6.07 Å².